The Bertz CT molecular complexity index is 857. The summed E-state index contributed by atoms with van der Waals surface area (Å²) in [5, 5.41) is 2.97. The topological polar surface area (TPSA) is 50.2 Å². The molecule has 0 fully saturated rings. The first-order valence-electron chi connectivity index (χ1n) is 7.69. The number of amides is 2. The zero-order chi connectivity index (χ0) is 17.1. The van der Waals surface area contributed by atoms with Gasteiger partial charge in [0.05, 0.1) is 21.4 Å². The summed E-state index contributed by atoms with van der Waals surface area (Å²) in [5.41, 5.74) is 2.09. The highest BCUT2D eigenvalue weighted by molar-refractivity contribution is 9.11. The van der Waals surface area contributed by atoms with Crippen molar-refractivity contribution in [3.05, 3.63) is 50.9 Å². The second-order valence-corrected chi connectivity index (χ2v) is 8.14. The van der Waals surface area contributed by atoms with Crippen molar-refractivity contribution in [2.24, 2.45) is 0 Å². The standard InChI is InChI=1S/C17H19BrN4OS/c1-12-20-14-5-3-4-6-15(14)22(12)10-9-19-17(23)21(2)11-13-7-8-16(18)24-13/h3-8H,9-11H2,1-2H3,(H,19,23). The lowest BCUT2D eigenvalue weighted by molar-refractivity contribution is 0.207. The molecule has 0 saturated carbocycles. The molecule has 0 radical (unpaired) electrons. The van der Waals surface area contributed by atoms with Crippen LogP contribution in [0, 0.1) is 6.92 Å². The van der Waals surface area contributed by atoms with E-state index in [2.05, 4.69) is 36.9 Å². The third-order valence-electron chi connectivity index (χ3n) is 3.83. The van der Waals surface area contributed by atoms with Crippen molar-refractivity contribution < 1.29 is 4.79 Å². The molecule has 3 aromatic rings. The summed E-state index contributed by atoms with van der Waals surface area (Å²) in [6.45, 7) is 3.87. The summed E-state index contributed by atoms with van der Waals surface area (Å²) < 4.78 is 3.21. The monoisotopic (exact) mass is 406 g/mol. The second-order valence-electron chi connectivity index (χ2n) is 5.59. The largest absolute Gasteiger partial charge is 0.336 e. The highest BCUT2D eigenvalue weighted by Crippen LogP contribution is 2.23. The van der Waals surface area contributed by atoms with Crippen LogP contribution in [-0.4, -0.2) is 34.1 Å². The molecule has 24 heavy (non-hydrogen) atoms. The van der Waals surface area contributed by atoms with Crippen LogP contribution in [0.1, 0.15) is 10.7 Å². The van der Waals surface area contributed by atoms with E-state index in [4.69, 9.17) is 0 Å². The quantitative estimate of drug-likeness (QED) is 0.695. The molecule has 0 bridgehead atoms. The fourth-order valence-corrected chi connectivity index (χ4v) is 4.17. The van der Waals surface area contributed by atoms with E-state index in [1.54, 1.807) is 23.3 Å². The number of hydrogen-bond acceptors (Lipinski definition) is 3. The Hall–Kier alpha value is -1.86. The van der Waals surface area contributed by atoms with Crippen LogP contribution in [0.4, 0.5) is 4.79 Å². The van der Waals surface area contributed by atoms with E-state index in [0.29, 0.717) is 19.6 Å². The number of aromatic nitrogens is 2. The van der Waals surface area contributed by atoms with Gasteiger partial charge in [0.1, 0.15) is 5.82 Å². The number of benzene rings is 1. The van der Waals surface area contributed by atoms with E-state index in [0.717, 1.165) is 25.5 Å². The van der Waals surface area contributed by atoms with Crippen LogP contribution in [0.15, 0.2) is 40.2 Å². The third kappa shape index (κ3) is 3.79. The minimum atomic E-state index is -0.0680. The molecule has 0 aliphatic carbocycles. The zero-order valence-electron chi connectivity index (χ0n) is 13.6. The Morgan fingerprint density at radius 1 is 1.33 bits per heavy atom. The molecule has 126 valence electrons. The summed E-state index contributed by atoms with van der Waals surface area (Å²) in [4.78, 5) is 19.6. The van der Waals surface area contributed by atoms with E-state index in [1.165, 1.54) is 0 Å². The maximum atomic E-state index is 12.2. The highest BCUT2D eigenvalue weighted by Gasteiger charge is 2.11. The van der Waals surface area contributed by atoms with Crippen LogP contribution >= 0.6 is 27.3 Å². The van der Waals surface area contributed by atoms with Crippen LogP contribution in [0.25, 0.3) is 11.0 Å². The number of hydrogen-bond donors (Lipinski definition) is 1. The van der Waals surface area contributed by atoms with E-state index in [-0.39, 0.29) is 6.03 Å². The maximum absolute atomic E-state index is 12.2. The number of halogens is 1. The van der Waals surface area contributed by atoms with Crippen molar-refractivity contribution in [2.75, 3.05) is 13.6 Å². The molecule has 1 N–H and O–H groups in total. The van der Waals surface area contributed by atoms with E-state index in [1.807, 2.05) is 37.3 Å². The van der Waals surface area contributed by atoms with Crippen molar-refractivity contribution in [3.63, 3.8) is 0 Å². The first-order valence-corrected chi connectivity index (χ1v) is 9.30. The number of fused-ring (bicyclic) bond motifs is 1. The smallest absolute Gasteiger partial charge is 0.317 e. The number of carbonyl (C=O) groups excluding carboxylic acids is 1. The van der Waals surface area contributed by atoms with Crippen LogP contribution < -0.4 is 5.32 Å². The summed E-state index contributed by atoms with van der Waals surface area (Å²) in [7, 11) is 1.81. The second kappa shape index (κ2) is 7.36. The molecular weight excluding hydrogens is 388 g/mol. The van der Waals surface area contributed by atoms with Gasteiger partial charge >= 0.3 is 6.03 Å². The summed E-state index contributed by atoms with van der Waals surface area (Å²) >= 11 is 5.08. The van der Waals surface area contributed by atoms with E-state index in [9.17, 15) is 4.79 Å². The molecule has 0 aliphatic rings. The number of aryl methyl sites for hydroxylation is 1. The molecule has 0 aliphatic heterocycles. The van der Waals surface area contributed by atoms with Crippen molar-refractivity contribution in [1.29, 1.82) is 0 Å². The van der Waals surface area contributed by atoms with Gasteiger partial charge < -0.3 is 14.8 Å². The summed E-state index contributed by atoms with van der Waals surface area (Å²) in [6.07, 6.45) is 0. The highest BCUT2D eigenvalue weighted by atomic mass is 79.9. The van der Waals surface area contributed by atoms with Crippen LogP contribution in [0.2, 0.25) is 0 Å². The Morgan fingerprint density at radius 2 is 2.12 bits per heavy atom. The van der Waals surface area contributed by atoms with Crippen LogP contribution in [0.3, 0.4) is 0 Å². The van der Waals surface area contributed by atoms with Gasteiger partial charge in [0.15, 0.2) is 0 Å². The van der Waals surface area contributed by atoms with Gasteiger partial charge in [-0.2, -0.15) is 0 Å². The van der Waals surface area contributed by atoms with Crippen molar-refractivity contribution in [1.82, 2.24) is 19.8 Å². The van der Waals surface area contributed by atoms with E-state index < -0.39 is 0 Å². The Balaban J connectivity index is 1.55. The minimum absolute atomic E-state index is 0.0680. The number of imidazole rings is 1. The molecular formula is C17H19BrN4OS. The average Bonchev–Trinajstić information content (AvgIpc) is 3.10. The van der Waals surface area contributed by atoms with Gasteiger partial charge in [0.2, 0.25) is 0 Å². The normalized spacial score (nSPS) is 11.0. The maximum Gasteiger partial charge on any atom is 0.317 e. The molecule has 0 unspecified atom stereocenters. The number of urea groups is 1. The summed E-state index contributed by atoms with van der Waals surface area (Å²) in [5.74, 6) is 0.960. The molecule has 2 aromatic heterocycles. The first-order chi connectivity index (χ1) is 11.5. The molecule has 3 rings (SSSR count). The average molecular weight is 407 g/mol. The zero-order valence-corrected chi connectivity index (χ0v) is 16.0. The predicted octanol–water partition coefficient (Wildman–Crippen LogP) is 4.01. The molecule has 5 nitrogen and oxygen atoms in total. The lowest BCUT2D eigenvalue weighted by Crippen LogP contribution is -2.38. The van der Waals surface area contributed by atoms with Gasteiger partial charge in [-0.15, -0.1) is 11.3 Å². The van der Waals surface area contributed by atoms with Crippen molar-refractivity contribution in [2.45, 2.75) is 20.0 Å². The summed E-state index contributed by atoms with van der Waals surface area (Å²) in [6, 6.07) is 12.0. The minimum Gasteiger partial charge on any atom is -0.336 e. The molecule has 2 heterocycles. The lowest BCUT2D eigenvalue weighted by atomic mass is 10.3. The van der Waals surface area contributed by atoms with Crippen molar-refractivity contribution in [3.8, 4) is 0 Å². The van der Waals surface area contributed by atoms with Crippen LogP contribution in [0.5, 0.6) is 0 Å². The SMILES string of the molecule is Cc1nc2ccccc2n1CCNC(=O)N(C)Cc1ccc(Br)s1. The van der Waals surface area contributed by atoms with Gasteiger partial charge in [0, 0.05) is 25.0 Å². The number of nitrogens with one attached hydrogen (secondary N) is 1. The van der Waals surface area contributed by atoms with Gasteiger partial charge in [0.25, 0.3) is 0 Å². The van der Waals surface area contributed by atoms with Crippen molar-refractivity contribution >= 4 is 44.3 Å². The molecule has 1 aromatic carbocycles. The van der Waals surface area contributed by atoms with Gasteiger partial charge in [-0.25, -0.2) is 9.78 Å². The van der Waals surface area contributed by atoms with Gasteiger partial charge in [-0.3, -0.25) is 0 Å². The number of thiophene rings is 1. The predicted molar refractivity (Wildman–Crippen MR) is 101 cm³/mol. The Morgan fingerprint density at radius 3 is 2.88 bits per heavy atom. The van der Waals surface area contributed by atoms with Gasteiger partial charge in [-0.05, 0) is 47.1 Å². The number of carbonyl (C=O) groups is 1. The Labute approximate surface area is 153 Å². The Kier molecular flexibility index (Phi) is 5.20. The number of rotatable bonds is 5. The van der Waals surface area contributed by atoms with Crippen LogP contribution in [-0.2, 0) is 13.1 Å². The molecule has 2 amide bonds. The van der Waals surface area contributed by atoms with E-state index >= 15 is 0 Å². The molecule has 0 saturated heterocycles. The third-order valence-corrected chi connectivity index (χ3v) is 5.43. The van der Waals surface area contributed by atoms with Gasteiger partial charge in [-0.1, -0.05) is 12.1 Å². The lowest BCUT2D eigenvalue weighted by Gasteiger charge is -2.17. The number of nitrogens with zero attached hydrogens (tertiary/aromatic N) is 3. The molecule has 0 atom stereocenters. The number of para-hydroxylation sites is 2. The molecule has 0 spiro atoms. The fraction of sp³-hybridized carbons (Fsp3) is 0.294. The fourth-order valence-electron chi connectivity index (χ4n) is 2.63. The first kappa shape index (κ1) is 17.0. The molecule has 7 heteroatoms.